The number of halogens is 1. The molecule has 0 saturated heterocycles. The molecule has 0 aliphatic carbocycles. The Morgan fingerprint density at radius 1 is 1.24 bits per heavy atom. The summed E-state index contributed by atoms with van der Waals surface area (Å²) in [6.07, 6.45) is 1.73. The van der Waals surface area contributed by atoms with Gasteiger partial charge in [0.25, 0.3) is 0 Å². The Labute approximate surface area is 106 Å². The summed E-state index contributed by atoms with van der Waals surface area (Å²) in [7, 11) is 1.96. The zero-order chi connectivity index (χ0) is 12.3. The summed E-state index contributed by atoms with van der Waals surface area (Å²) in [6.45, 7) is 0.786. The second-order valence-corrected chi connectivity index (χ2v) is 4.50. The Morgan fingerprint density at radius 3 is 2.71 bits per heavy atom. The second kappa shape index (κ2) is 5.11. The van der Waals surface area contributed by atoms with Crippen molar-refractivity contribution in [2.75, 3.05) is 7.05 Å². The molecule has 0 radical (unpaired) electrons. The zero-order valence-corrected chi connectivity index (χ0v) is 10.5. The van der Waals surface area contributed by atoms with Crippen LogP contribution in [0.3, 0.4) is 0 Å². The summed E-state index contributed by atoms with van der Waals surface area (Å²) >= 11 is 5.65. The van der Waals surface area contributed by atoms with Crippen LogP contribution in [-0.4, -0.2) is 11.9 Å². The smallest absolute Gasteiger partial charge is 0.115 e. The molecule has 0 heterocycles. The summed E-state index contributed by atoms with van der Waals surface area (Å²) in [5.74, 6) is 0. The van der Waals surface area contributed by atoms with Crippen molar-refractivity contribution in [2.45, 2.75) is 6.54 Å². The lowest BCUT2D eigenvalue weighted by Gasteiger charge is -2.15. The van der Waals surface area contributed by atoms with Crippen LogP contribution in [0.25, 0.3) is 10.8 Å². The van der Waals surface area contributed by atoms with Crippen LogP contribution < -0.4 is 5.73 Å². The van der Waals surface area contributed by atoms with Crippen molar-refractivity contribution in [1.29, 1.82) is 0 Å². The summed E-state index contributed by atoms with van der Waals surface area (Å²) in [6, 6.07) is 14.7. The lowest BCUT2D eigenvalue weighted by molar-refractivity contribution is 0.451. The van der Waals surface area contributed by atoms with Crippen molar-refractivity contribution in [2.24, 2.45) is 5.73 Å². The molecule has 17 heavy (non-hydrogen) atoms. The normalized spacial score (nSPS) is 11.8. The predicted molar refractivity (Wildman–Crippen MR) is 73.5 cm³/mol. The van der Waals surface area contributed by atoms with E-state index in [0.29, 0.717) is 5.16 Å². The summed E-state index contributed by atoms with van der Waals surface area (Å²) in [4.78, 5) is 1.98. The van der Waals surface area contributed by atoms with Crippen LogP contribution in [0, 0.1) is 0 Å². The third kappa shape index (κ3) is 2.92. The first kappa shape index (κ1) is 11.8. The van der Waals surface area contributed by atoms with Gasteiger partial charge in [-0.05, 0) is 16.3 Å². The molecule has 0 bridgehead atoms. The highest BCUT2D eigenvalue weighted by Crippen LogP contribution is 2.19. The first-order chi connectivity index (χ1) is 8.16. The highest BCUT2D eigenvalue weighted by molar-refractivity contribution is 6.28. The first-order valence-corrected chi connectivity index (χ1v) is 5.84. The summed E-state index contributed by atoms with van der Waals surface area (Å²) in [5.41, 5.74) is 6.71. The number of nitrogens with two attached hydrogens (primary N) is 1. The van der Waals surface area contributed by atoms with Crippen LogP contribution in [0.4, 0.5) is 0 Å². The Bertz CT molecular complexity index is 539. The highest BCUT2D eigenvalue weighted by atomic mass is 35.5. The third-order valence-electron chi connectivity index (χ3n) is 2.64. The number of benzene rings is 2. The van der Waals surface area contributed by atoms with Gasteiger partial charge in [-0.3, -0.25) is 0 Å². The number of hydrogen-bond donors (Lipinski definition) is 1. The van der Waals surface area contributed by atoms with Gasteiger partial charge in [0.15, 0.2) is 0 Å². The quantitative estimate of drug-likeness (QED) is 0.843. The molecular formula is C14H15ClN2. The van der Waals surface area contributed by atoms with Crippen LogP contribution >= 0.6 is 11.6 Å². The molecule has 0 fully saturated rings. The fourth-order valence-electron chi connectivity index (χ4n) is 1.96. The van der Waals surface area contributed by atoms with Gasteiger partial charge in [0, 0.05) is 19.8 Å². The minimum Gasteiger partial charge on any atom is -0.388 e. The monoisotopic (exact) mass is 246 g/mol. The van der Waals surface area contributed by atoms with E-state index in [9.17, 15) is 0 Å². The highest BCUT2D eigenvalue weighted by Gasteiger charge is 2.02. The molecule has 0 aliphatic heterocycles. The van der Waals surface area contributed by atoms with Gasteiger partial charge < -0.3 is 10.6 Å². The number of fused-ring (bicyclic) bond motifs is 1. The third-order valence-corrected chi connectivity index (χ3v) is 2.74. The molecule has 0 spiro atoms. The fraction of sp³-hybridized carbons (Fsp3) is 0.143. The Balaban J connectivity index is 2.33. The van der Waals surface area contributed by atoms with E-state index in [2.05, 4.69) is 36.4 Å². The SMILES string of the molecule is CN(/C=C(\N)Cl)Cc1cccc2ccccc12. The maximum atomic E-state index is 5.65. The van der Waals surface area contributed by atoms with E-state index in [1.54, 1.807) is 6.20 Å². The van der Waals surface area contributed by atoms with Crippen molar-refractivity contribution in [3.8, 4) is 0 Å². The van der Waals surface area contributed by atoms with E-state index in [-0.39, 0.29) is 0 Å². The van der Waals surface area contributed by atoms with Gasteiger partial charge in [0.05, 0.1) is 0 Å². The van der Waals surface area contributed by atoms with Gasteiger partial charge in [-0.25, -0.2) is 0 Å². The average molecular weight is 247 g/mol. The minimum absolute atomic E-state index is 0.299. The van der Waals surface area contributed by atoms with E-state index in [1.165, 1.54) is 16.3 Å². The number of nitrogens with zero attached hydrogens (tertiary/aromatic N) is 1. The Hall–Kier alpha value is -1.67. The second-order valence-electron chi connectivity index (χ2n) is 4.07. The molecule has 2 N–H and O–H groups in total. The molecule has 3 heteroatoms. The molecular weight excluding hydrogens is 232 g/mol. The van der Waals surface area contributed by atoms with Gasteiger partial charge in [0.2, 0.25) is 0 Å². The van der Waals surface area contributed by atoms with Gasteiger partial charge in [-0.1, -0.05) is 54.1 Å². The Kier molecular flexibility index (Phi) is 3.55. The lowest BCUT2D eigenvalue weighted by Crippen LogP contribution is -2.12. The maximum absolute atomic E-state index is 5.65. The van der Waals surface area contributed by atoms with E-state index >= 15 is 0 Å². The van der Waals surface area contributed by atoms with Gasteiger partial charge in [0.1, 0.15) is 5.16 Å². The van der Waals surface area contributed by atoms with Crippen LogP contribution in [0.15, 0.2) is 53.8 Å². The molecule has 0 saturated carbocycles. The molecule has 0 amide bonds. The van der Waals surface area contributed by atoms with E-state index in [0.717, 1.165) is 6.54 Å². The summed E-state index contributed by atoms with van der Waals surface area (Å²) in [5, 5.41) is 2.82. The molecule has 2 nitrogen and oxygen atoms in total. The van der Waals surface area contributed by atoms with Gasteiger partial charge in [-0.2, -0.15) is 0 Å². The van der Waals surface area contributed by atoms with Crippen molar-refractivity contribution in [1.82, 2.24) is 4.90 Å². The topological polar surface area (TPSA) is 29.3 Å². The van der Waals surface area contributed by atoms with Gasteiger partial charge in [-0.15, -0.1) is 0 Å². The van der Waals surface area contributed by atoms with Crippen LogP contribution in [0.5, 0.6) is 0 Å². The van der Waals surface area contributed by atoms with Crippen molar-refractivity contribution >= 4 is 22.4 Å². The molecule has 0 atom stereocenters. The molecule has 88 valence electrons. The molecule has 0 aromatic heterocycles. The molecule has 0 unspecified atom stereocenters. The van der Waals surface area contributed by atoms with Crippen LogP contribution in [0.2, 0.25) is 0 Å². The first-order valence-electron chi connectivity index (χ1n) is 5.46. The maximum Gasteiger partial charge on any atom is 0.115 e. The predicted octanol–water partition coefficient (Wildman–Crippen LogP) is 3.27. The largest absolute Gasteiger partial charge is 0.388 e. The molecule has 2 aromatic carbocycles. The average Bonchev–Trinajstić information content (AvgIpc) is 2.28. The molecule has 2 rings (SSSR count). The zero-order valence-electron chi connectivity index (χ0n) is 9.73. The van der Waals surface area contributed by atoms with Gasteiger partial charge >= 0.3 is 0 Å². The van der Waals surface area contributed by atoms with Crippen molar-refractivity contribution < 1.29 is 0 Å². The number of hydrogen-bond acceptors (Lipinski definition) is 2. The minimum atomic E-state index is 0.299. The van der Waals surface area contributed by atoms with E-state index in [1.807, 2.05) is 18.0 Å². The van der Waals surface area contributed by atoms with E-state index in [4.69, 9.17) is 17.3 Å². The van der Waals surface area contributed by atoms with Crippen LogP contribution in [0.1, 0.15) is 5.56 Å². The summed E-state index contributed by atoms with van der Waals surface area (Å²) < 4.78 is 0. The van der Waals surface area contributed by atoms with Crippen molar-refractivity contribution in [3.05, 3.63) is 59.4 Å². The molecule has 0 aliphatic rings. The van der Waals surface area contributed by atoms with E-state index < -0.39 is 0 Å². The fourth-order valence-corrected chi connectivity index (χ4v) is 2.12. The van der Waals surface area contributed by atoms with Crippen molar-refractivity contribution in [3.63, 3.8) is 0 Å². The molecule has 2 aromatic rings. The standard InChI is InChI=1S/C14H15ClN2/c1-17(10-14(15)16)9-12-7-4-6-11-5-2-3-8-13(11)12/h2-8,10H,9,16H2,1H3/b14-10-. The number of rotatable bonds is 3. The lowest BCUT2D eigenvalue weighted by atomic mass is 10.0. The van der Waals surface area contributed by atoms with Crippen LogP contribution in [-0.2, 0) is 6.54 Å². The Morgan fingerprint density at radius 2 is 1.94 bits per heavy atom.